The van der Waals surface area contributed by atoms with Gasteiger partial charge in [-0.05, 0) is 80.1 Å². The highest BCUT2D eigenvalue weighted by Crippen LogP contribution is 2.43. The summed E-state index contributed by atoms with van der Waals surface area (Å²) in [5.74, 6) is -1.21. The summed E-state index contributed by atoms with van der Waals surface area (Å²) in [7, 11) is 3.85. The van der Waals surface area contributed by atoms with E-state index >= 15 is 0 Å². The van der Waals surface area contributed by atoms with Gasteiger partial charge in [0, 0.05) is 35.9 Å². The van der Waals surface area contributed by atoms with E-state index in [4.69, 9.17) is 20.8 Å². The highest BCUT2D eigenvalue weighted by molar-refractivity contribution is 6.31. The molecule has 1 N–H and O–H groups in total. The molecule has 7 nitrogen and oxygen atoms in total. The van der Waals surface area contributed by atoms with Gasteiger partial charge in [0.2, 0.25) is 5.78 Å². The number of fused-ring (bicyclic) bond motifs is 1. The number of nitrogens with zero attached hydrogens (tertiary/aromatic N) is 2. The van der Waals surface area contributed by atoms with Crippen molar-refractivity contribution in [2.45, 2.75) is 26.0 Å². The van der Waals surface area contributed by atoms with Crippen LogP contribution < -0.4 is 14.5 Å². The number of aliphatic hydroxyl groups is 1. The van der Waals surface area contributed by atoms with Crippen LogP contribution in [0.3, 0.4) is 0 Å². The average Bonchev–Trinajstić information content (AvgIpc) is 3.42. The molecule has 0 saturated carbocycles. The van der Waals surface area contributed by atoms with Crippen LogP contribution in [-0.4, -0.2) is 37.0 Å². The van der Waals surface area contributed by atoms with Crippen molar-refractivity contribution in [3.8, 4) is 5.75 Å². The van der Waals surface area contributed by atoms with Crippen molar-refractivity contribution in [1.29, 1.82) is 0 Å². The van der Waals surface area contributed by atoms with Gasteiger partial charge in [-0.2, -0.15) is 0 Å². The van der Waals surface area contributed by atoms with Crippen LogP contribution in [-0.2, 0) is 4.79 Å². The Labute approximate surface area is 225 Å². The third-order valence-electron chi connectivity index (χ3n) is 6.37. The monoisotopic (exact) mass is 530 g/mol. The minimum atomic E-state index is -0.875. The number of anilines is 2. The summed E-state index contributed by atoms with van der Waals surface area (Å²) in [6.45, 7) is 3.86. The molecular formula is C30H27ClN2O5. The first-order valence-electron chi connectivity index (χ1n) is 12.2. The van der Waals surface area contributed by atoms with Gasteiger partial charge in [0.05, 0.1) is 17.7 Å². The summed E-state index contributed by atoms with van der Waals surface area (Å²) in [6, 6.07) is 20.2. The molecule has 1 unspecified atom stereocenters. The van der Waals surface area contributed by atoms with Crippen molar-refractivity contribution in [1.82, 2.24) is 0 Å². The van der Waals surface area contributed by atoms with Gasteiger partial charge in [0.25, 0.3) is 5.91 Å². The average molecular weight is 531 g/mol. The molecule has 0 radical (unpaired) electrons. The highest BCUT2D eigenvalue weighted by atomic mass is 35.5. The van der Waals surface area contributed by atoms with Crippen LogP contribution in [0.25, 0.3) is 11.0 Å². The Morgan fingerprint density at radius 2 is 1.71 bits per heavy atom. The highest BCUT2D eigenvalue weighted by Gasteiger charge is 2.45. The maximum atomic E-state index is 13.8. The molecule has 194 valence electrons. The summed E-state index contributed by atoms with van der Waals surface area (Å²) in [5, 5.41) is 12.2. The minimum absolute atomic E-state index is 0.00839. The van der Waals surface area contributed by atoms with Gasteiger partial charge in [-0.3, -0.25) is 14.5 Å². The van der Waals surface area contributed by atoms with E-state index in [1.54, 1.807) is 48.5 Å². The molecule has 0 bridgehead atoms. The molecule has 5 rings (SSSR count). The van der Waals surface area contributed by atoms with E-state index in [0.29, 0.717) is 33.0 Å². The summed E-state index contributed by atoms with van der Waals surface area (Å²) in [6.07, 6.45) is -0.00847. The SMILES string of the molecule is CC(C)Oc1ccc(N2C(=O)C(O)=C(C(=O)c3cc4cc(Cl)ccc4o3)C2c2ccc(N(C)C)cc2)cc1. The van der Waals surface area contributed by atoms with Crippen molar-refractivity contribution in [2.75, 3.05) is 23.9 Å². The number of hydrogen-bond donors (Lipinski definition) is 1. The molecule has 38 heavy (non-hydrogen) atoms. The van der Waals surface area contributed by atoms with Gasteiger partial charge in [0.15, 0.2) is 11.5 Å². The molecule has 1 amide bonds. The normalized spacial score (nSPS) is 15.6. The van der Waals surface area contributed by atoms with Gasteiger partial charge in [-0.1, -0.05) is 23.7 Å². The van der Waals surface area contributed by atoms with Gasteiger partial charge in [-0.15, -0.1) is 0 Å². The number of aliphatic hydroxyl groups excluding tert-OH is 1. The summed E-state index contributed by atoms with van der Waals surface area (Å²) >= 11 is 6.10. The third kappa shape index (κ3) is 4.61. The lowest BCUT2D eigenvalue weighted by molar-refractivity contribution is -0.117. The van der Waals surface area contributed by atoms with Crippen molar-refractivity contribution >= 4 is 45.6 Å². The number of rotatable bonds is 7. The fourth-order valence-electron chi connectivity index (χ4n) is 4.59. The molecule has 4 aromatic rings. The van der Waals surface area contributed by atoms with Crippen LogP contribution in [0.15, 0.2) is 88.5 Å². The second kappa shape index (κ2) is 9.91. The number of Topliss-reactive ketones (excluding diaryl/α,β-unsaturated/α-hetero) is 1. The number of carbonyl (C=O) groups excluding carboxylic acids is 2. The fraction of sp³-hybridized carbons (Fsp3) is 0.200. The molecule has 3 aromatic carbocycles. The molecular weight excluding hydrogens is 504 g/mol. The fourth-order valence-corrected chi connectivity index (χ4v) is 4.77. The van der Waals surface area contributed by atoms with E-state index in [9.17, 15) is 14.7 Å². The summed E-state index contributed by atoms with van der Waals surface area (Å²) in [5.41, 5.74) is 2.55. The quantitative estimate of drug-likeness (QED) is 0.267. The zero-order valence-corrected chi connectivity index (χ0v) is 22.2. The Hall–Kier alpha value is -4.23. The summed E-state index contributed by atoms with van der Waals surface area (Å²) in [4.78, 5) is 30.7. The second-order valence-electron chi connectivity index (χ2n) is 9.61. The van der Waals surface area contributed by atoms with Crippen molar-refractivity contribution in [3.05, 3.63) is 100 Å². The number of ether oxygens (including phenoxy) is 1. The van der Waals surface area contributed by atoms with Gasteiger partial charge < -0.3 is 19.2 Å². The van der Waals surface area contributed by atoms with Crippen LogP contribution in [0, 0.1) is 0 Å². The summed E-state index contributed by atoms with van der Waals surface area (Å²) < 4.78 is 11.5. The first-order chi connectivity index (χ1) is 18.1. The molecule has 8 heteroatoms. The predicted molar refractivity (Wildman–Crippen MR) is 148 cm³/mol. The van der Waals surface area contributed by atoms with Gasteiger partial charge in [-0.25, -0.2) is 0 Å². The lowest BCUT2D eigenvalue weighted by Crippen LogP contribution is -2.31. The van der Waals surface area contributed by atoms with E-state index in [1.165, 1.54) is 4.90 Å². The Kier molecular flexibility index (Phi) is 6.63. The molecule has 1 aliphatic heterocycles. The molecule has 0 saturated heterocycles. The Bertz CT molecular complexity index is 1550. The standard InChI is InChI=1S/C30H27ClN2O5/c1-17(2)37-23-12-10-22(11-13-23)33-27(18-5-8-21(9-6-18)32(3)4)26(29(35)30(33)36)28(34)25-16-19-15-20(31)7-14-24(19)38-25/h5-17,27,35H,1-4H3. The van der Waals surface area contributed by atoms with Crippen molar-refractivity contribution in [3.63, 3.8) is 0 Å². The predicted octanol–water partition coefficient (Wildman–Crippen LogP) is 6.72. The van der Waals surface area contributed by atoms with E-state index < -0.39 is 23.5 Å². The largest absolute Gasteiger partial charge is 0.503 e. The Balaban J connectivity index is 1.60. The van der Waals surface area contributed by atoms with Crippen LogP contribution in [0.4, 0.5) is 11.4 Å². The smallest absolute Gasteiger partial charge is 0.294 e. The number of benzene rings is 3. The first-order valence-corrected chi connectivity index (χ1v) is 12.6. The number of amides is 1. The molecule has 1 aliphatic rings. The topological polar surface area (TPSA) is 83.2 Å². The zero-order chi connectivity index (χ0) is 27.1. The number of halogens is 1. The number of hydrogen-bond acceptors (Lipinski definition) is 6. The van der Waals surface area contributed by atoms with E-state index in [-0.39, 0.29) is 17.4 Å². The zero-order valence-electron chi connectivity index (χ0n) is 21.4. The maximum absolute atomic E-state index is 13.8. The van der Waals surface area contributed by atoms with Gasteiger partial charge in [0.1, 0.15) is 11.3 Å². The van der Waals surface area contributed by atoms with E-state index in [0.717, 1.165) is 5.69 Å². The van der Waals surface area contributed by atoms with Crippen LogP contribution in [0.5, 0.6) is 5.75 Å². The maximum Gasteiger partial charge on any atom is 0.294 e. The molecule has 1 aromatic heterocycles. The van der Waals surface area contributed by atoms with E-state index in [1.807, 2.05) is 57.1 Å². The molecule has 1 atom stereocenters. The van der Waals surface area contributed by atoms with Crippen molar-refractivity contribution < 1.29 is 23.8 Å². The van der Waals surface area contributed by atoms with Gasteiger partial charge >= 0.3 is 0 Å². The molecule has 0 spiro atoms. The second-order valence-corrected chi connectivity index (χ2v) is 10.0. The number of ketones is 1. The molecule has 0 aliphatic carbocycles. The Morgan fingerprint density at radius 1 is 1.03 bits per heavy atom. The third-order valence-corrected chi connectivity index (χ3v) is 6.60. The lowest BCUT2D eigenvalue weighted by Gasteiger charge is -2.27. The van der Waals surface area contributed by atoms with E-state index in [2.05, 4.69) is 0 Å². The van der Waals surface area contributed by atoms with Crippen LogP contribution >= 0.6 is 11.6 Å². The Morgan fingerprint density at radius 3 is 2.34 bits per heavy atom. The van der Waals surface area contributed by atoms with Crippen LogP contribution in [0.2, 0.25) is 5.02 Å². The molecule has 0 fully saturated rings. The van der Waals surface area contributed by atoms with Crippen molar-refractivity contribution in [2.24, 2.45) is 0 Å². The number of carbonyl (C=O) groups is 2. The van der Waals surface area contributed by atoms with Crippen LogP contribution in [0.1, 0.15) is 36.0 Å². The lowest BCUT2D eigenvalue weighted by atomic mass is 9.94. The number of furan rings is 1. The minimum Gasteiger partial charge on any atom is -0.503 e. The molecule has 2 heterocycles. The first kappa shape index (κ1) is 25.4.